The molecule has 1 saturated heterocycles. The van der Waals surface area contributed by atoms with Gasteiger partial charge in [-0.2, -0.15) is 0 Å². The lowest BCUT2D eigenvalue weighted by Crippen LogP contribution is -2.36. The first-order valence-electron chi connectivity index (χ1n) is 7.40. The predicted molar refractivity (Wildman–Crippen MR) is 96.7 cm³/mol. The van der Waals surface area contributed by atoms with Crippen molar-refractivity contribution in [3.63, 3.8) is 0 Å². The van der Waals surface area contributed by atoms with Gasteiger partial charge in [0.15, 0.2) is 0 Å². The molecule has 23 heavy (non-hydrogen) atoms. The van der Waals surface area contributed by atoms with Crippen LogP contribution < -0.4 is 15.5 Å². The van der Waals surface area contributed by atoms with E-state index in [1.54, 1.807) is 0 Å². The number of pyridine rings is 1. The van der Waals surface area contributed by atoms with Gasteiger partial charge in [-0.3, -0.25) is 4.79 Å². The number of aromatic nitrogens is 1. The average molecular weight is 365 g/mol. The summed E-state index contributed by atoms with van der Waals surface area (Å²) in [7, 11) is 1.85. The van der Waals surface area contributed by atoms with E-state index < -0.39 is 0 Å². The maximum absolute atomic E-state index is 11.8. The van der Waals surface area contributed by atoms with Gasteiger partial charge < -0.3 is 20.3 Å². The van der Waals surface area contributed by atoms with Crippen molar-refractivity contribution in [2.45, 2.75) is 13.5 Å². The van der Waals surface area contributed by atoms with E-state index in [4.69, 9.17) is 4.74 Å². The number of hydrogen-bond donors (Lipinski definition) is 2. The maximum Gasteiger partial charge on any atom is 0.224 e. The SMILES string of the molecule is CNCC(C)C(=O)NCc1ccc(N2CCOCC2)nc1.Cl.Cl. The summed E-state index contributed by atoms with van der Waals surface area (Å²) >= 11 is 0. The third kappa shape index (κ3) is 6.91. The fourth-order valence-corrected chi connectivity index (χ4v) is 2.26. The molecule has 1 aromatic rings. The van der Waals surface area contributed by atoms with Crippen molar-refractivity contribution >= 4 is 36.5 Å². The number of nitrogens with zero attached hydrogens (tertiary/aromatic N) is 2. The molecular weight excluding hydrogens is 339 g/mol. The number of anilines is 1. The molecule has 1 aliphatic heterocycles. The van der Waals surface area contributed by atoms with Crippen LogP contribution in [0, 0.1) is 5.92 Å². The Morgan fingerprint density at radius 2 is 2.04 bits per heavy atom. The van der Waals surface area contributed by atoms with Crippen LogP contribution in [-0.2, 0) is 16.1 Å². The molecule has 2 N–H and O–H groups in total. The molecule has 0 radical (unpaired) electrons. The highest BCUT2D eigenvalue weighted by atomic mass is 35.5. The summed E-state index contributed by atoms with van der Waals surface area (Å²) in [5, 5.41) is 5.93. The second-order valence-electron chi connectivity index (χ2n) is 5.30. The normalized spacial score (nSPS) is 15.1. The van der Waals surface area contributed by atoms with Crippen LogP contribution in [0.15, 0.2) is 18.3 Å². The van der Waals surface area contributed by atoms with E-state index in [9.17, 15) is 4.79 Å². The zero-order valence-corrected chi connectivity index (χ0v) is 15.2. The Morgan fingerprint density at radius 3 is 2.61 bits per heavy atom. The van der Waals surface area contributed by atoms with Crippen LogP contribution in [0.2, 0.25) is 0 Å². The predicted octanol–water partition coefficient (Wildman–Crippen LogP) is 1.23. The maximum atomic E-state index is 11.8. The van der Waals surface area contributed by atoms with Gasteiger partial charge >= 0.3 is 0 Å². The molecule has 8 heteroatoms. The molecule has 1 aliphatic rings. The van der Waals surface area contributed by atoms with Gasteiger partial charge in [-0.25, -0.2) is 4.98 Å². The highest BCUT2D eigenvalue weighted by molar-refractivity contribution is 5.85. The van der Waals surface area contributed by atoms with Crippen molar-refractivity contribution < 1.29 is 9.53 Å². The summed E-state index contributed by atoms with van der Waals surface area (Å²) in [4.78, 5) is 18.5. The van der Waals surface area contributed by atoms with Gasteiger partial charge in [0.1, 0.15) is 5.82 Å². The number of carbonyl (C=O) groups excluding carboxylic acids is 1. The molecule has 1 aromatic heterocycles. The smallest absolute Gasteiger partial charge is 0.224 e. The van der Waals surface area contributed by atoms with Crippen LogP contribution in [0.3, 0.4) is 0 Å². The minimum atomic E-state index is -0.0319. The first kappa shape index (κ1) is 21.9. The highest BCUT2D eigenvalue weighted by Gasteiger charge is 2.13. The quantitative estimate of drug-likeness (QED) is 0.794. The molecule has 1 atom stereocenters. The van der Waals surface area contributed by atoms with Gasteiger partial charge in [-0.05, 0) is 18.7 Å². The van der Waals surface area contributed by atoms with Crippen LogP contribution in [0.25, 0.3) is 0 Å². The standard InChI is InChI=1S/C15H24N4O2.2ClH/c1-12(9-16-2)15(20)18-11-13-3-4-14(17-10-13)19-5-7-21-8-6-19;;/h3-4,10,12,16H,5-9,11H2,1-2H3,(H,18,20);2*1H. The molecule has 1 amide bonds. The second-order valence-corrected chi connectivity index (χ2v) is 5.30. The highest BCUT2D eigenvalue weighted by Crippen LogP contribution is 2.13. The first-order valence-corrected chi connectivity index (χ1v) is 7.40. The molecule has 1 unspecified atom stereocenters. The Morgan fingerprint density at radius 1 is 1.35 bits per heavy atom. The molecule has 0 aromatic carbocycles. The summed E-state index contributed by atoms with van der Waals surface area (Å²) in [6.45, 7) is 6.37. The average Bonchev–Trinajstić information content (AvgIpc) is 2.54. The number of morpholine rings is 1. The number of ether oxygens (including phenoxy) is 1. The van der Waals surface area contributed by atoms with E-state index in [-0.39, 0.29) is 36.6 Å². The summed E-state index contributed by atoms with van der Waals surface area (Å²) in [6.07, 6.45) is 1.83. The molecule has 132 valence electrons. The van der Waals surface area contributed by atoms with Gasteiger partial charge in [-0.15, -0.1) is 24.8 Å². The fraction of sp³-hybridized carbons (Fsp3) is 0.600. The third-order valence-electron chi connectivity index (χ3n) is 3.57. The van der Waals surface area contributed by atoms with Crippen LogP contribution in [0.4, 0.5) is 5.82 Å². The van der Waals surface area contributed by atoms with Crippen molar-refractivity contribution in [3.05, 3.63) is 23.9 Å². The molecule has 0 aliphatic carbocycles. The van der Waals surface area contributed by atoms with Crippen LogP contribution in [0.5, 0.6) is 0 Å². The molecule has 2 rings (SSSR count). The Bertz CT molecular complexity index is 453. The Hall–Kier alpha value is -1.08. The summed E-state index contributed by atoms with van der Waals surface area (Å²) in [5.41, 5.74) is 1.01. The zero-order valence-electron chi connectivity index (χ0n) is 13.6. The molecule has 0 spiro atoms. The lowest BCUT2D eigenvalue weighted by Gasteiger charge is -2.27. The Labute approximate surface area is 150 Å². The minimum Gasteiger partial charge on any atom is -0.378 e. The van der Waals surface area contributed by atoms with Gasteiger partial charge in [0, 0.05) is 38.3 Å². The van der Waals surface area contributed by atoms with Crippen molar-refractivity contribution in [1.29, 1.82) is 0 Å². The first-order chi connectivity index (χ1) is 10.2. The van der Waals surface area contributed by atoms with E-state index in [2.05, 4.69) is 20.5 Å². The van der Waals surface area contributed by atoms with E-state index in [0.29, 0.717) is 13.1 Å². The monoisotopic (exact) mass is 364 g/mol. The van der Waals surface area contributed by atoms with Crippen molar-refractivity contribution in [2.24, 2.45) is 5.92 Å². The lowest BCUT2D eigenvalue weighted by atomic mass is 10.1. The molecule has 0 saturated carbocycles. The second kappa shape index (κ2) is 11.5. The van der Waals surface area contributed by atoms with Crippen molar-refractivity contribution in [1.82, 2.24) is 15.6 Å². The Kier molecular flexibility index (Phi) is 10.9. The van der Waals surface area contributed by atoms with E-state index >= 15 is 0 Å². The number of rotatable bonds is 6. The van der Waals surface area contributed by atoms with Crippen LogP contribution in [0.1, 0.15) is 12.5 Å². The fourth-order valence-electron chi connectivity index (χ4n) is 2.26. The molecule has 0 bridgehead atoms. The number of carbonyl (C=O) groups is 1. The van der Waals surface area contributed by atoms with Gasteiger partial charge in [0.05, 0.1) is 13.2 Å². The molecule has 2 heterocycles. The topological polar surface area (TPSA) is 66.5 Å². The van der Waals surface area contributed by atoms with Gasteiger partial charge in [-0.1, -0.05) is 13.0 Å². The minimum absolute atomic E-state index is 0. The summed E-state index contributed by atoms with van der Waals surface area (Å²) < 4.78 is 5.33. The number of nitrogens with one attached hydrogen (secondary N) is 2. The number of halogens is 2. The van der Waals surface area contributed by atoms with E-state index in [0.717, 1.165) is 37.7 Å². The number of amides is 1. The molecule has 6 nitrogen and oxygen atoms in total. The summed E-state index contributed by atoms with van der Waals surface area (Å²) in [5.74, 6) is 0.995. The molecular formula is C15H26Cl2N4O2. The van der Waals surface area contributed by atoms with Gasteiger partial charge in [0.2, 0.25) is 5.91 Å². The molecule has 1 fully saturated rings. The van der Waals surface area contributed by atoms with Gasteiger partial charge in [0.25, 0.3) is 0 Å². The lowest BCUT2D eigenvalue weighted by molar-refractivity contribution is -0.124. The van der Waals surface area contributed by atoms with Crippen molar-refractivity contribution in [2.75, 3.05) is 44.8 Å². The van der Waals surface area contributed by atoms with Crippen molar-refractivity contribution in [3.8, 4) is 0 Å². The van der Waals surface area contributed by atoms with E-state index in [1.807, 2.05) is 32.3 Å². The van der Waals surface area contributed by atoms with Crippen LogP contribution in [-0.4, -0.2) is 50.8 Å². The number of hydrogen-bond acceptors (Lipinski definition) is 5. The van der Waals surface area contributed by atoms with Crippen LogP contribution >= 0.6 is 24.8 Å². The zero-order chi connectivity index (χ0) is 15.1. The third-order valence-corrected chi connectivity index (χ3v) is 3.57. The van der Waals surface area contributed by atoms with E-state index in [1.165, 1.54) is 0 Å². The largest absolute Gasteiger partial charge is 0.378 e. The summed E-state index contributed by atoms with van der Waals surface area (Å²) in [6, 6.07) is 4.02. The Balaban J connectivity index is 0.00000242.